The van der Waals surface area contributed by atoms with Crippen molar-refractivity contribution in [3.8, 4) is 5.75 Å². The van der Waals surface area contributed by atoms with Gasteiger partial charge in [-0.25, -0.2) is 0 Å². The molecule has 3 nitrogen and oxygen atoms in total. The summed E-state index contributed by atoms with van der Waals surface area (Å²) in [6, 6.07) is 4.05. The van der Waals surface area contributed by atoms with Crippen molar-refractivity contribution in [1.29, 1.82) is 0 Å². The molecule has 1 aromatic rings. The Kier molecular flexibility index (Phi) is 2.33. The first-order valence-electron chi connectivity index (χ1n) is 4.95. The van der Waals surface area contributed by atoms with Gasteiger partial charge >= 0.3 is 0 Å². The zero-order valence-electron chi connectivity index (χ0n) is 8.63. The van der Waals surface area contributed by atoms with Gasteiger partial charge in [-0.1, -0.05) is 0 Å². The van der Waals surface area contributed by atoms with Gasteiger partial charge in [-0.15, -0.1) is 0 Å². The first-order valence-corrected chi connectivity index (χ1v) is 4.95. The van der Waals surface area contributed by atoms with Crippen molar-refractivity contribution in [2.75, 3.05) is 5.73 Å². The third-order valence-corrected chi connectivity index (χ3v) is 2.33. The van der Waals surface area contributed by atoms with Crippen molar-refractivity contribution in [3.63, 3.8) is 0 Å². The standard InChI is InChI=1S/C11H16N2O/c1-7(2)14-11-4-9-6-13-5-8(9)3-10(11)12/h3-4,7,13H,5-6,12H2,1-2H3. The molecule has 0 atom stereocenters. The molecule has 3 heteroatoms. The van der Waals surface area contributed by atoms with Gasteiger partial charge in [0.05, 0.1) is 11.8 Å². The molecule has 0 aromatic heterocycles. The topological polar surface area (TPSA) is 47.3 Å². The molecule has 1 aromatic carbocycles. The normalized spacial score (nSPS) is 14.5. The molecular weight excluding hydrogens is 176 g/mol. The van der Waals surface area contributed by atoms with E-state index in [1.807, 2.05) is 26.0 Å². The molecule has 14 heavy (non-hydrogen) atoms. The Hall–Kier alpha value is -1.22. The van der Waals surface area contributed by atoms with Crippen LogP contribution in [0.5, 0.6) is 5.75 Å². The van der Waals surface area contributed by atoms with Crippen LogP contribution in [-0.4, -0.2) is 6.10 Å². The van der Waals surface area contributed by atoms with Crippen molar-refractivity contribution in [2.45, 2.75) is 33.0 Å². The maximum Gasteiger partial charge on any atom is 0.142 e. The Bertz CT molecular complexity index is 347. The lowest BCUT2D eigenvalue weighted by atomic mass is 10.1. The Labute approximate surface area is 84.3 Å². The van der Waals surface area contributed by atoms with E-state index in [0.29, 0.717) is 0 Å². The van der Waals surface area contributed by atoms with Crippen molar-refractivity contribution < 1.29 is 4.74 Å². The minimum absolute atomic E-state index is 0.171. The highest BCUT2D eigenvalue weighted by atomic mass is 16.5. The van der Waals surface area contributed by atoms with Crippen LogP contribution in [0.4, 0.5) is 5.69 Å². The number of hydrogen-bond donors (Lipinski definition) is 2. The van der Waals surface area contributed by atoms with Crippen molar-refractivity contribution in [2.24, 2.45) is 0 Å². The van der Waals surface area contributed by atoms with Gasteiger partial charge in [-0.3, -0.25) is 0 Å². The van der Waals surface area contributed by atoms with Crippen molar-refractivity contribution in [3.05, 3.63) is 23.3 Å². The van der Waals surface area contributed by atoms with E-state index in [0.717, 1.165) is 24.5 Å². The summed E-state index contributed by atoms with van der Waals surface area (Å²) in [6.45, 7) is 5.85. The predicted octanol–water partition coefficient (Wildman–Crippen LogP) is 1.66. The first kappa shape index (κ1) is 9.34. The van der Waals surface area contributed by atoms with Crippen LogP contribution >= 0.6 is 0 Å². The Morgan fingerprint density at radius 2 is 1.93 bits per heavy atom. The Morgan fingerprint density at radius 3 is 2.57 bits per heavy atom. The number of fused-ring (bicyclic) bond motifs is 1. The van der Waals surface area contributed by atoms with Gasteiger partial charge in [0.15, 0.2) is 0 Å². The fourth-order valence-electron chi connectivity index (χ4n) is 1.70. The molecular formula is C11H16N2O. The van der Waals surface area contributed by atoms with E-state index in [4.69, 9.17) is 10.5 Å². The van der Waals surface area contributed by atoms with Gasteiger partial charge in [0, 0.05) is 13.1 Å². The van der Waals surface area contributed by atoms with E-state index in [1.165, 1.54) is 11.1 Å². The van der Waals surface area contributed by atoms with Gasteiger partial charge in [-0.05, 0) is 37.1 Å². The Morgan fingerprint density at radius 1 is 1.29 bits per heavy atom. The molecule has 0 bridgehead atoms. The zero-order chi connectivity index (χ0) is 10.1. The fourth-order valence-corrected chi connectivity index (χ4v) is 1.70. The second-order valence-corrected chi connectivity index (χ2v) is 3.93. The Balaban J connectivity index is 2.32. The highest BCUT2D eigenvalue weighted by Gasteiger charge is 2.13. The molecule has 0 radical (unpaired) electrons. The van der Waals surface area contributed by atoms with Gasteiger partial charge in [-0.2, -0.15) is 0 Å². The molecule has 76 valence electrons. The molecule has 1 heterocycles. The first-order chi connectivity index (χ1) is 6.66. The predicted molar refractivity (Wildman–Crippen MR) is 57.2 cm³/mol. The highest BCUT2D eigenvalue weighted by Crippen LogP contribution is 2.29. The van der Waals surface area contributed by atoms with E-state index in [-0.39, 0.29) is 6.10 Å². The molecule has 1 aliphatic rings. The number of nitrogen functional groups attached to an aromatic ring is 1. The van der Waals surface area contributed by atoms with Crippen LogP contribution in [-0.2, 0) is 13.1 Å². The van der Waals surface area contributed by atoms with E-state index < -0.39 is 0 Å². The van der Waals surface area contributed by atoms with Gasteiger partial charge in [0.1, 0.15) is 5.75 Å². The number of hydrogen-bond acceptors (Lipinski definition) is 3. The minimum Gasteiger partial charge on any atom is -0.489 e. The summed E-state index contributed by atoms with van der Waals surface area (Å²) in [6.07, 6.45) is 0.171. The van der Waals surface area contributed by atoms with Crippen molar-refractivity contribution >= 4 is 5.69 Å². The van der Waals surface area contributed by atoms with Crippen LogP contribution in [0.1, 0.15) is 25.0 Å². The summed E-state index contributed by atoms with van der Waals surface area (Å²) in [5, 5.41) is 3.28. The number of rotatable bonds is 2. The van der Waals surface area contributed by atoms with Crippen LogP contribution in [0, 0.1) is 0 Å². The second-order valence-electron chi connectivity index (χ2n) is 3.93. The molecule has 3 N–H and O–H groups in total. The van der Waals surface area contributed by atoms with Crippen LogP contribution in [0.3, 0.4) is 0 Å². The zero-order valence-corrected chi connectivity index (χ0v) is 8.63. The van der Waals surface area contributed by atoms with Gasteiger partial charge in [0.25, 0.3) is 0 Å². The van der Waals surface area contributed by atoms with Crippen LogP contribution in [0.2, 0.25) is 0 Å². The summed E-state index contributed by atoms with van der Waals surface area (Å²) in [4.78, 5) is 0. The summed E-state index contributed by atoms with van der Waals surface area (Å²) in [5.41, 5.74) is 9.22. The third kappa shape index (κ3) is 1.68. The monoisotopic (exact) mass is 192 g/mol. The molecule has 2 rings (SSSR count). The maximum absolute atomic E-state index is 5.89. The molecule has 0 unspecified atom stereocenters. The smallest absolute Gasteiger partial charge is 0.142 e. The molecule has 0 saturated carbocycles. The lowest BCUT2D eigenvalue weighted by Gasteiger charge is -2.13. The lowest BCUT2D eigenvalue weighted by molar-refractivity contribution is 0.243. The van der Waals surface area contributed by atoms with Crippen molar-refractivity contribution in [1.82, 2.24) is 5.32 Å². The van der Waals surface area contributed by atoms with E-state index >= 15 is 0 Å². The summed E-state index contributed by atoms with van der Waals surface area (Å²) in [7, 11) is 0. The average molecular weight is 192 g/mol. The van der Waals surface area contributed by atoms with Crippen LogP contribution < -0.4 is 15.8 Å². The number of nitrogens with one attached hydrogen (secondary N) is 1. The number of nitrogens with two attached hydrogens (primary N) is 1. The molecule has 0 aliphatic carbocycles. The van der Waals surface area contributed by atoms with Gasteiger partial charge in [0.2, 0.25) is 0 Å². The molecule has 0 spiro atoms. The summed E-state index contributed by atoms with van der Waals surface area (Å²) >= 11 is 0. The number of benzene rings is 1. The van der Waals surface area contributed by atoms with Crippen LogP contribution in [0.15, 0.2) is 12.1 Å². The summed E-state index contributed by atoms with van der Waals surface area (Å²) < 4.78 is 5.62. The lowest BCUT2D eigenvalue weighted by Crippen LogP contribution is -2.08. The van der Waals surface area contributed by atoms with Gasteiger partial charge < -0.3 is 15.8 Å². The minimum atomic E-state index is 0.171. The van der Waals surface area contributed by atoms with E-state index in [2.05, 4.69) is 5.32 Å². The fraction of sp³-hybridized carbons (Fsp3) is 0.455. The maximum atomic E-state index is 5.89. The third-order valence-electron chi connectivity index (χ3n) is 2.33. The number of ether oxygens (including phenoxy) is 1. The molecule has 0 saturated heterocycles. The average Bonchev–Trinajstić information content (AvgIpc) is 2.51. The van der Waals surface area contributed by atoms with Crippen LogP contribution in [0.25, 0.3) is 0 Å². The highest BCUT2D eigenvalue weighted by molar-refractivity contribution is 5.57. The molecule has 0 amide bonds. The molecule has 1 aliphatic heterocycles. The SMILES string of the molecule is CC(C)Oc1cc2c(cc1N)CNC2. The largest absolute Gasteiger partial charge is 0.489 e. The second kappa shape index (κ2) is 3.50. The number of anilines is 1. The molecule has 0 fully saturated rings. The van der Waals surface area contributed by atoms with E-state index in [9.17, 15) is 0 Å². The summed E-state index contributed by atoms with van der Waals surface area (Å²) in [5.74, 6) is 0.808. The quantitative estimate of drug-likeness (QED) is 0.700. The van der Waals surface area contributed by atoms with E-state index in [1.54, 1.807) is 0 Å².